The highest BCUT2D eigenvalue weighted by atomic mass is 32.2. The Bertz CT molecular complexity index is 779. The Hall–Kier alpha value is -2.34. The molecule has 0 unspecified atom stereocenters. The van der Waals surface area contributed by atoms with Gasteiger partial charge < -0.3 is 10.2 Å². The molecule has 0 spiro atoms. The van der Waals surface area contributed by atoms with Gasteiger partial charge in [0.1, 0.15) is 11.9 Å². The second-order valence-corrected chi connectivity index (χ2v) is 6.81. The number of hydrogen-bond donors (Lipinski definition) is 1. The summed E-state index contributed by atoms with van der Waals surface area (Å²) in [4.78, 5) is 26.8. The molecule has 0 radical (unpaired) electrons. The predicted octanol–water partition coefficient (Wildman–Crippen LogP) is 3.54. The van der Waals surface area contributed by atoms with Gasteiger partial charge in [-0.1, -0.05) is 31.2 Å². The molecule has 4 nitrogen and oxygen atoms in total. The number of halogens is 1. The lowest BCUT2D eigenvalue weighted by atomic mass is 10.1. The fraction of sp³-hybridized carbons (Fsp3) is 0.263. The molecule has 0 aliphatic carbocycles. The summed E-state index contributed by atoms with van der Waals surface area (Å²) in [7, 11) is 0. The van der Waals surface area contributed by atoms with Crippen molar-refractivity contribution in [2.75, 3.05) is 16.9 Å². The average molecular weight is 358 g/mol. The number of aryl methyl sites for hydroxylation is 1. The maximum Gasteiger partial charge on any atom is 0.255 e. The summed E-state index contributed by atoms with van der Waals surface area (Å²) in [6.45, 7) is 2.05. The number of anilines is 1. The SMILES string of the molecule is CCc1ccc(C(=O)N2CSC[C@H]2C(=O)Nc2ccccc2F)cc1. The minimum atomic E-state index is -0.608. The molecule has 2 aromatic rings. The number of rotatable bonds is 4. The van der Waals surface area contributed by atoms with Gasteiger partial charge >= 0.3 is 0 Å². The maximum atomic E-state index is 13.7. The molecule has 2 aromatic carbocycles. The van der Waals surface area contributed by atoms with Gasteiger partial charge in [-0.15, -0.1) is 11.8 Å². The van der Waals surface area contributed by atoms with E-state index in [2.05, 4.69) is 12.2 Å². The Morgan fingerprint density at radius 1 is 1.20 bits per heavy atom. The minimum Gasteiger partial charge on any atom is -0.322 e. The van der Waals surface area contributed by atoms with E-state index in [1.54, 1.807) is 29.2 Å². The third-order valence-corrected chi connectivity index (χ3v) is 5.20. The first kappa shape index (κ1) is 17.5. The molecule has 1 aliphatic heterocycles. The van der Waals surface area contributed by atoms with Crippen LogP contribution in [0.4, 0.5) is 10.1 Å². The molecule has 0 bridgehead atoms. The smallest absolute Gasteiger partial charge is 0.255 e. The van der Waals surface area contributed by atoms with Gasteiger partial charge in [-0.2, -0.15) is 0 Å². The minimum absolute atomic E-state index is 0.129. The molecule has 1 aliphatic rings. The second-order valence-electron chi connectivity index (χ2n) is 5.81. The molecule has 0 saturated carbocycles. The molecule has 1 saturated heterocycles. The highest BCUT2D eigenvalue weighted by molar-refractivity contribution is 7.99. The maximum absolute atomic E-state index is 13.7. The van der Waals surface area contributed by atoms with E-state index >= 15 is 0 Å². The van der Waals surface area contributed by atoms with Gasteiger partial charge in [0.25, 0.3) is 5.91 Å². The summed E-state index contributed by atoms with van der Waals surface area (Å²) in [5.41, 5.74) is 1.84. The van der Waals surface area contributed by atoms with E-state index in [4.69, 9.17) is 0 Å². The fourth-order valence-electron chi connectivity index (χ4n) is 2.69. The molecule has 1 N–H and O–H groups in total. The van der Waals surface area contributed by atoms with Crippen molar-refractivity contribution in [3.8, 4) is 0 Å². The van der Waals surface area contributed by atoms with Gasteiger partial charge in [-0.3, -0.25) is 9.59 Å². The Balaban J connectivity index is 1.74. The molecular formula is C19H19FN2O2S. The lowest BCUT2D eigenvalue weighted by Gasteiger charge is -2.23. The van der Waals surface area contributed by atoms with Crippen LogP contribution >= 0.6 is 11.8 Å². The van der Waals surface area contributed by atoms with Crippen LogP contribution in [0.2, 0.25) is 0 Å². The summed E-state index contributed by atoms with van der Waals surface area (Å²) >= 11 is 1.51. The van der Waals surface area contributed by atoms with Crippen LogP contribution in [0.15, 0.2) is 48.5 Å². The number of carbonyl (C=O) groups excluding carboxylic acids is 2. The molecule has 130 valence electrons. The van der Waals surface area contributed by atoms with Gasteiger partial charge in [0.2, 0.25) is 5.91 Å². The number of thioether (sulfide) groups is 1. The van der Waals surface area contributed by atoms with Crippen LogP contribution in [0.3, 0.4) is 0 Å². The van der Waals surface area contributed by atoms with E-state index in [-0.39, 0.29) is 17.5 Å². The zero-order valence-corrected chi connectivity index (χ0v) is 14.7. The van der Waals surface area contributed by atoms with E-state index in [9.17, 15) is 14.0 Å². The second kappa shape index (κ2) is 7.70. The van der Waals surface area contributed by atoms with Crippen molar-refractivity contribution in [2.45, 2.75) is 19.4 Å². The third kappa shape index (κ3) is 3.85. The molecule has 1 atom stereocenters. The standard InChI is InChI=1S/C19H19FN2O2S/c1-2-13-7-9-14(10-8-13)19(24)22-12-25-11-17(22)18(23)21-16-6-4-3-5-15(16)20/h3-10,17H,2,11-12H2,1H3,(H,21,23)/t17-/m0/s1. The van der Waals surface area contributed by atoms with Crippen LogP contribution in [-0.4, -0.2) is 34.4 Å². The Morgan fingerprint density at radius 2 is 1.92 bits per heavy atom. The number of nitrogens with one attached hydrogen (secondary N) is 1. The Labute approximate surface area is 150 Å². The van der Waals surface area contributed by atoms with E-state index < -0.39 is 11.9 Å². The number of nitrogens with zero attached hydrogens (tertiary/aromatic N) is 1. The van der Waals surface area contributed by atoms with Crippen LogP contribution in [0.1, 0.15) is 22.8 Å². The van der Waals surface area contributed by atoms with E-state index in [1.807, 2.05) is 12.1 Å². The van der Waals surface area contributed by atoms with Gasteiger partial charge in [0.15, 0.2) is 0 Å². The first-order valence-electron chi connectivity index (χ1n) is 8.13. The summed E-state index contributed by atoms with van der Waals surface area (Å²) in [5.74, 6) is -0.0903. The third-order valence-electron chi connectivity index (χ3n) is 4.19. The Kier molecular flexibility index (Phi) is 5.38. The van der Waals surface area contributed by atoms with Crippen molar-refractivity contribution in [3.05, 3.63) is 65.5 Å². The Morgan fingerprint density at radius 3 is 2.60 bits per heavy atom. The molecule has 25 heavy (non-hydrogen) atoms. The molecule has 1 heterocycles. The summed E-state index contributed by atoms with van der Waals surface area (Å²) in [5, 5.41) is 2.59. The highest BCUT2D eigenvalue weighted by Crippen LogP contribution is 2.25. The number of amides is 2. The topological polar surface area (TPSA) is 49.4 Å². The van der Waals surface area contributed by atoms with E-state index in [0.717, 1.165) is 12.0 Å². The molecule has 6 heteroatoms. The predicted molar refractivity (Wildman–Crippen MR) is 98.1 cm³/mol. The molecule has 0 aromatic heterocycles. The monoisotopic (exact) mass is 358 g/mol. The number of carbonyl (C=O) groups is 2. The zero-order valence-electron chi connectivity index (χ0n) is 13.9. The van der Waals surface area contributed by atoms with Crippen molar-refractivity contribution in [1.82, 2.24) is 4.90 Å². The van der Waals surface area contributed by atoms with Gasteiger partial charge in [0.05, 0.1) is 11.6 Å². The van der Waals surface area contributed by atoms with Crippen LogP contribution in [0.25, 0.3) is 0 Å². The summed E-state index contributed by atoms with van der Waals surface area (Å²) < 4.78 is 13.7. The molecule has 3 rings (SSSR count). The van der Waals surface area contributed by atoms with Crippen molar-refractivity contribution < 1.29 is 14.0 Å². The van der Waals surface area contributed by atoms with Gasteiger partial charge in [-0.05, 0) is 36.2 Å². The normalized spacial score (nSPS) is 16.7. The lowest BCUT2D eigenvalue weighted by Crippen LogP contribution is -2.44. The van der Waals surface area contributed by atoms with Crippen molar-refractivity contribution in [1.29, 1.82) is 0 Å². The number of hydrogen-bond acceptors (Lipinski definition) is 3. The van der Waals surface area contributed by atoms with Crippen LogP contribution in [0.5, 0.6) is 0 Å². The van der Waals surface area contributed by atoms with Crippen molar-refractivity contribution in [2.24, 2.45) is 0 Å². The molecule has 1 fully saturated rings. The number of benzene rings is 2. The summed E-state index contributed by atoms with van der Waals surface area (Å²) in [6.07, 6.45) is 0.904. The van der Waals surface area contributed by atoms with Crippen LogP contribution < -0.4 is 5.32 Å². The van der Waals surface area contributed by atoms with Crippen LogP contribution in [0, 0.1) is 5.82 Å². The quantitative estimate of drug-likeness (QED) is 0.909. The molecule has 2 amide bonds. The highest BCUT2D eigenvalue weighted by Gasteiger charge is 2.35. The van der Waals surface area contributed by atoms with E-state index in [1.165, 1.54) is 23.9 Å². The largest absolute Gasteiger partial charge is 0.322 e. The first-order valence-corrected chi connectivity index (χ1v) is 9.28. The van der Waals surface area contributed by atoms with Crippen molar-refractivity contribution in [3.63, 3.8) is 0 Å². The average Bonchev–Trinajstić information content (AvgIpc) is 3.13. The van der Waals surface area contributed by atoms with Gasteiger partial charge in [0, 0.05) is 11.3 Å². The van der Waals surface area contributed by atoms with Crippen molar-refractivity contribution >= 4 is 29.3 Å². The zero-order chi connectivity index (χ0) is 17.8. The first-order chi connectivity index (χ1) is 12.1. The fourth-order valence-corrected chi connectivity index (χ4v) is 3.84. The lowest BCUT2D eigenvalue weighted by molar-refractivity contribution is -0.119. The number of para-hydroxylation sites is 1. The molecular weight excluding hydrogens is 339 g/mol. The van der Waals surface area contributed by atoms with Crippen LogP contribution in [-0.2, 0) is 11.2 Å². The van der Waals surface area contributed by atoms with E-state index in [0.29, 0.717) is 17.2 Å². The van der Waals surface area contributed by atoms with Gasteiger partial charge in [-0.25, -0.2) is 4.39 Å². The summed E-state index contributed by atoms with van der Waals surface area (Å²) in [6, 6.07) is 12.8.